The zero-order valence-corrected chi connectivity index (χ0v) is 15.5. The summed E-state index contributed by atoms with van der Waals surface area (Å²) in [7, 11) is 1.42. The number of carbonyl (C=O) groups is 1. The van der Waals surface area contributed by atoms with Crippen LogP contribution in [0.4, 0.5) is 5.00 Å². The molecule has 0 aromatic carbocycles. The molecule has 0 saturated heterocycles. The number of thiophene rings is 1. The van der Waals surface area contributed by atoms with E-state index in [0.717, 1.165) is 11.5 Å². The highest BCUT2D eigenvalue weighted by Crippen LogP contribution is 2.32. The fraction of sp³-hybridized carbons (Fsp3) is 0.722. The van der Waals surface area contributed by atoms with Crippen molar-refractivity contribution in [3.8, 4) is 0 Å². The molecule has 0 aliphatic rings. The Bertz CT molecular complexity index is 454. The summed E-state index contributed by atoms with van der Waals surface area (Å²) in [6.07, 6.45) is 6.59. The van der Waals surface area contributed by atoms with E-state index in [1.165, 1.54) is 50.6 Å². The van der Waals surface area contributed by atoms with Crippen LogP contribution in [0.25, 0.3) is 0 Å². The Morgan fingerprint density at radius 3 is 2.68 bits per heavy atom. The highest BCUT2D eigenvalue weighted by atomic mass is 32.1. The van der Waals surface area contributed by atoms with Gasteiger partial charge < -0.3 is 10.1 Å². The standard InChI is InChI=1S/C18H31NO2S/c1-6-7-8-9-10-14(2)18(3,4)13-19-16-12-11-15(22-16)17(20)21-5/h11-12,14,19H,6-10,13H2,1-5H3. The Kier molecular flexibility index (Phi) is 7.94. The molecular formula is C18H31NO2S. The SMILES string of the molecule is CCCCCCC(C)C(C)(C)CNc1ccc(C(=O)OC)s1. The molecule has 1 aromatic heterocycles. The molecule has 0 aliphatic heterocycles. The number of anilines is 1. The molecule has 1 aromatic rings. The van der Waals surface area contributed by atoms with Crippen LogP contribution in [0.15, 0.2) is 12.1 Å². The van der Waals surface area contributed by atoms with E-state index < -0.39 is 0 Å². The highest BCUT2D eigenvalue weighted by Gasteiger charge is 2.25. The summed E-state index contributed by atoms with van der Waals surface area (Å²) in [4.78, 5) is 12.1. The van der Waals surface area contributed by atoms with Crippen molar-refractivity contribution < 1.29 is 9.53 Å². The van der Waals surface area contributed by atoms with Crippen LogP contribution in [0.3, 0.4) is 0 Å². The minimum atomic E-state index is -0.262. The number of rotatable bonds is 10. The fourth-order valence-electron chi connectivity index (χ4n) is 2.40. The second-order valence-corrected chi connectivity index (χ2v) is 7.83. The summed E-state index contributed by atoms with van der Waals surface area (Å²) in [5.41, 5.74) is 0.238. The first-order valence-corrected chi connectivity index (χ1v) is 9.14. The number of nitrogens with one attached hydrogen (secondary N) is 1. The smallest absolute Gasteiger partial charge is 0.348 e. The maximum Gasteiger partial charge on any atom is 0.348 e. The lowest BCUT2D eigenvalue weighted by molar-refractivity contribution is 0.0606. The highest BCUT2D eigenvalue weighted by molar-refractivity contribution is 7.17. The molecule has 1 N–H and O–H groups in total. The second kappa shape index (κ2) is 9.19. The molecule has 0 spiro atoms. The third-order valence-electron chi connectivity index (χ3n) is 4.54. The van der Waals surface area contributed by atoms with Crippen molar-refractivity contribution in [1.29, 1.82) is 0 Å². The number of methoxy groups -OCH3 is 1. The zero-order chi connectivity index (χ0) is 16.6. The molecule has 1 heterocycles. The van der Waals surface area contributed by atoms with Gasteiger partial charge in [-0.05, 0) is 23.5 Å². The number of hydrogen-bond donors (Lipinski definition) is 1. The minimum absolute atomic E-state index is 0.238. The van der Waals surface area contributed by atoms with Gasteiger partial charge in [0.2, 0.25) is 0 Å². The van der Waals surface area contributed by atoms with Gasteiger partial charge in [-0.1, -0.05) is 59.8 Å². The maximum absolute atomic E-state index is 11.5. The normalized spacial score (nSPS) is 13.0. The van der Waals surface area contributed by atoms with Crippen molar-refractivity contribution in [3.63, 3.8) is 0 Å². The summed E-state index contributed by atoms with van der Waals surface area (Å²) in [6, 6.07) is 3.78. The molecule has 0 bridgehead atoms. The Labute approximate surface area is 139 Å². The number of carbonyl (C=O) groups excluding carboxylic acids is 1. The van der Waals surface area contributed by atoms with Gasteiger partial charge in [0, 0.05) is 6.54 Å². The number of unbranched alkanes of at least 4 members (excludes halogenated alkanes) is 3. The van der Waals surface area contributed by atoms with E-state index in [2.05, 4.69) is 33.0 Å². The van der Waals surface area contributed by atoms with Gasteiger partial charge >= 0.3 is 5.97 Å². The second-order valence-electron chi connectivity index (χ2n) is 6.75. The summed E-state index contributed by atoms with van der Waals surface area (Å²) >= 11 is 1.46. The molecule has 0 aliphatic carbocycles. The van der Waals surface area contributed by atoms with E-state index in [1.54, 1.807) is 0 Å². The van der Waals surface area contributed by atoms with E-state index in [9.17, 15) is 4.79 Å². The Balaban J connectivity index is 2.43. The van der Waals surface area contributed by atoms with Gasteiger partial charge in [-0.3, -0.25) is 0 Å². The van der Waals surface area contributed by atoms with Gasteiger partial charge in [-0.2, -0.15) is 0 Å². The molecule has 126 valence electrons. The molecule has 0 radical (unpaired) electrons. The minimum Gasteiger partial charge on any atom is -0.465 e. The average Bonchev–Trinajstić information content (AvgIpc) is 2.97. The van der Waals surface area contributed by atoms with Crippen molar-refractivity contribution in [3.05, 3.63) is 17.0 Å². The largest absolute Gasteiger partial charge is 0.465 e. The van der Waals surface area contributed by atoms with Crippen LogP contribution < -0.4 is 5.32 Å². The predicted octanol–water partition coefficient (Wildman–Crippen LogP) is 5.58. The van der Waals surface area contributed by atoms with Crippen LogP contribution in [0.2, 0.25) is 0 Å². The summed E-state index contributed by atoms with van der Waals surface area (Å²) in [6.45, 7) is 10.2. The molecule has 4 heteroatoms. The van der Waals surface area contributed by atoms with Gasteiger partial charge in [0.15, 0.2) is 0 Å². The quantitative estimate of drug-likeness (QED) is 0.451. The third-order valence-corrected chi connectivity index (χ3v) is 5.56. The van der Waals surface area contributed by atoms with Crippen LogP contribution in [0, 0.1) is 11.3 Å². The fourth-order valence-corrected chi connectivity index (χ4v) is 3.22. The van der Waals surface area contributed by atoms with Crippen LogP contribution in [-0.4, -0.2) is 19.6 Å². The molecule has 3 nitrogen and oxygen atoms in total. The molecule has 0 fully saturated rings. The Morgan fingerprint density at radius 1 is 1.32 bits per heavy atom. The van der Waals surface area contributed by atoms with Crippen molar-refractivity contribution >= 4 is 22.3 Å². The van der Waals surface area contributed by atoms with E-state index in [4.69, 9.17) is 4.74 Å². The van der Waals surface area contributed by atoms with E-state index in [1.807, 2.05) is 12.1 Å². The lowest BCUT2D eigenvalue weighted by atomic mass is 9.77. The van der Waals surface area contributed by atoms with Crippen LogP contribution in [-0.2, 0) is 4.74 Å². The van der Waals surface area contributed by atoms with Crippen LogP contribution >= 0.6 is 11.3 Å². The summed E-state index contributed by atoms with van der Waals surface area (Å²) < 4.78 is 4.74. The Hall–Kier alpha value is -1.03. The van der Waals surface area contributed by atoms with Crippen molar-refractivity contribution in [2.24, 2.45) is 11.3 Å². The lowest BCUT2D eigenvalue weighted by Crippen LogP contribution is -2.30. The van der Waals surface area contributed by atoms with Gasteiger partial charge in [0.05, 0.1) is 12.1 Å². The molecule has 22 heavy (non-hydrogen) atoms. The average molecular weight is 326 g/mol. The number of ether oxygens (including phenoxy) is 1. The molecule has 1 unspecified atom stereocenters. The molecule has 1 rings (SSSR count). The third kappa shape index (κ3) is 5.99. The zero-order valence-electron chi connectivity index (χ0n) is 14.7. The number of hydrogen-bond acceptors (Lipinski definition) is 4. The monoisotopic (exact) mass is 325 g/mol. The van der Waals surface area contributed by atoms with E-state index in [-0.39, 0.29) is 11.4 Å². The van der Waals surface area contributed by atoms with Gasteiger partial charge in [-0.15, -0.1) is 11.3 Å². The first kappa shape index (κ1) is 19.0. The summed E-state index contributed by atoms with van der Waals surface area (Å²) in [5, 5.41) is 4.51. The van der Waals surface area contributed by atoms with E-state index >= 15 is 0 Å². The van der Waals surface area contributed by atoms with Crippen molar-refractivity contribution in [2.75, 3.05) is 19.0 Å². The molecule has 0 saturated carbocycles. The van der Waals surface area contributed by atoms with Crippen molar-refractivity contribution in [2.45, 2.75) is 59.8 Å². The van der Waals surface area contributed by atoms with E-state index in [0.29, 0.717) is 10.8 Å². The molecule has 0 amide bonds. The Morgan fingerprint density at radius 2 is 2.05 bits per heavy atom. The van der Waals surface area contributed by atoms with Crippen LogP contribution in [0.5, 0.6) is 0 Å². The molecule has 1 atom stereocenters. The van der Waals surface area contributed by atoms with Gasteiger partial charge in [0.1, 0.15) is 4.88 Å². The first-order valence-electron chi connectivity index (χ1n) is 8.32. The first-order chi connectivity index (χ1) is 10.4. The maximum atomic E-state index is 11.5. The number of esters is 1. The van der Waals surface area contributed by atoms with Crippen LogP contribution in [0.1, 0.15) is 69.5 Å². The topological polar surface area (TPSA) is 38.3 Å². The lowest BCUT2D eigenvalue weighted by Gasteiger charge is -2.32. The van der Waals surface area contributed by atoms with Gasteiger partial charge in [0.25, 0.3) is 0 Å². The predicted molar refractivity (Wildman–Crippen MR) is 95.9 cm³/mol. The van der Waals surface area contributed by atoms with Crippen molar-refractivity contribution in [1.82, 2.24) is 0 Å². The van der Waals surface area contributed by atoms with Gasteiger partial charge in [-0.25, -0.2) is 4.79 Å². The molecular weight excluding hydrogens is 294 g/mol. The summed E-state index contributed by atoms with van der Waals surface area (Å²) in [5.74, 6) is 0.415.